The second kappa shape index (κ2) is 6.47. The molecule has 4 aliphatic carbocycles. The van der Waals surface area contributed by atoms with Crippen molar-refractivity contribution in [1.82, 2.24) is 5.32 Å². The molecule has 0 aromatic heterocycles. The highest BCUT2D eigenvalue weighted by molar-refractivity contribution is 7.99. The zero-order valence-corrected chi connectivity index (χ0v) is 17.1. The van der Waals surface area contributed by atoms with Gasteiger partial charge in [-0.1, -0.05) is 26.0 Å². The van der Waals surface area contributed by atoms with E-state index in [1.807, 2.05) is 12.1 Å². The number of rotatable bonds is 6. The lowest BCUT2D eigenvalue weighted by molar-refractivity contribution is -0.137. The third kappa shape index (κ3) is 3.62. The number of carbonyl (C=O) groups excluding carboxylic acids is 1. The van der Waals surface area contributed by atoms with Gasteiger partial charge in [-0.15, -0.1) is 11.8 Å². The second-order valence-corrected chi connectivity index (χ2v) is 10.8. The summed E-state index contributed by atoms with van der Waals surface area (Å²) in [6.07, 6.45) is 7.65. The Hall–Kier alpha value is -1.16. The van der Waals surface area contributed by atoms with E-state index in [-0.39, 0.29) is 11.4 Å². The van der Waals surface area contributed by atoms with E-state index < -0.39 is 0 Å². The summed E-state index contributed by atoms with van der Waals surface area (Å²) in [5.41, 5.74) is 2.19. The molecule has 4 saturated carbocycles. The second-order valence-electron chi connectivity index (χ2n) is 9.80. The third-order valence-electron chi connectivity index (χ3n) is 6.69. The van der Waals surface area contributed by atoms with Gasteiger partial charge in [0.15, 0.2) is 0 Å². The molecule has 0 aliphatic heterocycles. The summed E-state index contributed by atoms with van der Waals surface area (Å²) < 4.78 is 5.19. The fraction of sp³-hybridized carbons (Fsp3) is 0.682. The summed E-state index contributed by atoms with van der Waals surface area (Å²) in [6.45, 7) is 4.91. The number of carbonyl (C=O) groups is 1. The van der Waals surface area contributed by atoms with Crippen molar-refractivity contribution in [2.75, 3.05) is 12.9 Å². The van der Waals surface area contributed by atoms with Crippen LogP contribution in [0.1, 0.15) is 57.9 Å². The number of nitrogens with one attached hydrogen (secondary N) is 1. The lowest BCUT2D eigenvalue weighted by atomic mass is 9.43. The highest BCUT2D eigenvalue weighted by atomic mass is 32.2. The summed E-state index contributed by atoms with van der Waals surface area (Å²) in [6, 6.07) is 8.11. The number of hydrogen-bond acceptors (Lipinski definition) is 3. The normalized spacial score (nSPS) is 37.6. The topological polar surface area (TPSA) is 38.3 Å². The van der Waals surface area contributed by atoms with Crippen molar-refractivity contribution in [2.45, 2.75) is 63.7 Å². The molecular weight excluding hydrogens is 342 g/mol. The predicted molar refractivity (Wildman–Crippen MR) is 107 cm³/mol. The molecule has 0 saturated heterocycles. The predicted octanol–water partition coefficient (Wildman–Crippen LogP) is 4.79. The molecule has 1 aromatic rings. The third-order valence-corrected chi connectivity index (χ3v) is 7.70. The summed E-state index contributed by atoms with van der Waals surface area (Å²) in [5.74, 6) is 3.32. The van der Waals surface area contributed by atoms with E-state index in [1.54, 1.807) is 18.9 Å². The van der Waals surface area contributed by atoms with Crippen LogP contribution < -0.4 is 10.1 Å². The molecule has 142 valence electrons. The summed E-state index contributed by atoms with van der Waals surface area (Å²) in [4.78, 5) is 12.7. The maximum Gasteiger partial charge on any atom is 0.230 e. The fourth-order valence-electron chi connectivity index (χ4n) is 6.90. The van der Waals surface area contributed by atoms with Crippen molar-refractivity contribution in [1.29, 1.82) is 0 Å². The highest BCUT2D eigenvalue weighted by Gasteiger charge is 2.60. The van der Waals surface area contributed by atoms with Crippen molar-refractivity contribution in [3.63, 3.8) is 0 Å². The molecular formula is C22H31NO2S. The van der Waals surface area contributed by atoms with Gasteiger partial charge in [-0.3, -0.25) is 4.79 Å². The van der Waals surface area contributed by atoms with Crippen molar-refractivity contribution < 1.29 is 9.53 Å². The summed E-state index contributed by atoms with van der Waals surface area (Å²) in [5, 5.41) is 3.50. The molecule has 0 heterocycles. The molecule has 2 unspecified atom stereocenters. The molecule has 1 aromatic carbocycles. The van der Waals surface area contributed by atoms with Gasteiger partial charge in [-0.05, 0) is 73.0 Å². The van der Waals surface area contributed by atoms with E-state index in [2.05, 4.69) is 31.3 Å². The minimum Gasteiger partial charge on any atom is -0.497 e. The van der Waals surface area contributed by atoms with Gasteiger partial charge in [-0.2, -0.15) is 0 Å². The van der Waals surface area contributed by atoms with Gasteiger partial charge in [-0.25, -0.2) is 0 Å². The first-order chi connectivity index (χ1) is 12.3. The molecule has 5 rings (SSSR count). The van der Waals surface area contributed by atoms with Crippen LogP contribution in [0.3, 0.4) is 0 Å². The highest BCUT2D eigenvalue weighted by Crippen LogP contribution is 2.66. The Kier molecular flexibility index (Phi) is 4.53. The smallest absolute Gasteiger partial charge is 0.230 e. The average molecular weight is 374 g/mol. The molecule has 4 aliphatic rings. The van der Waals surface area contributed by atoms with Gasteiger partial charge < -0.3 is 10.1 Å². The number of hydrogen-bond donors (Lipinski definition) is 1. The van der Waals surface area contributed by atoms with Crippen LogP contribution >= 0.6 is 11.8 Å². The van der Waals surface area contributed by atoms with E-state index in [0.717, 1.165) is 17.4 Å². The molecule has 3 nitrogen and oxygen atoms in total. The first kappa shape index (κ1) is 18.2. The number of ether oxygens (including phenoxy) is 1. The zero-order chi connectivity index (χ0) is 18.4. The summed E-state index contributed by atoms with van der Waals surface area (Å²) >= 11 is 1.70. The molecule has 2 atom stereocenters. The van der Waals surface area contributed by atoms with E-state index in [9.17, 15) is 4.79 Å². The molecule has 26 heavy (non-hydrogen) atoms. The molecule has 0 radical (unpaired) electrons. The first-order valence-electron chi connectivity index (χ1n) is 9.83. The maximum absolute atomic E-state index is 12.7. The Morgan fingerprint density at radius 1 is 1.12 bits per heavy atom. The largest absolute Gasteiger partial charge is 0.497 e. The minimum atomic E-state index is 0.0701. The minimum absolute atomic E-state index is 0.0701. The van der Waals surface area contributed by atoms with Crippen LogP contribution in [-0.4, -0.2) is 24.3 Å². The summed E-state index contributed by atoms with van der Waals surface area (Å²) in [7, 11) is 1.68. The van der Waals surface area contributed by atoms with E-state index in [4.69, 9.17) is 4.74 Å². The van der Waals surface area contributed by atoms with Crippen molar-refractivity contribution in [3.05, 3.63) is 29.8 Å². The van der Waals surface area contributed by atoms with Crippen molar-refractivity contribution >= 4 is 17.7 Å². The van der Waals surface area contributed by atoms with Crippen LogP contribution in [-0.2, 0) is 10.5 Å². The standard InChI is InChI=1S/C22H31NO2S/c1-20-8-17-9-21(2,13-20)15-22(10-17,14-20)23-19(24)12-26-11-16-4-6-18(25-3)7-5-16/h4-7,17H,8-15H2,1-3H3,(H,23,24). The monoisotopic (exact) mass is 373 g/mol. The van der Waals surface area contributed by atoms with Crippen LogP contribution in [0.4, 0.5) is 0 Å². The number of benzene rings is 1. The molecule has 4 fully saturated rings. The number of thioether (sulfide) groups is 1. The molecule has 1 N–H and O–H groups in total. The van der Waals surface area contributed by atoms with Gasteiger partial charge in [0.2, 0.25) is 5.91 Å². The first-order valence-corrected chi connectivity index (χ1v) is 11.0. The van der Waals surface area contributed by atoms with Crippen LogP contribution in [0, 0.1) is 16.7 Å². The molecule has 4 heteroatoms. The van der Waals surface area contributed by atoms with Crippen LogP contribution in [0.25, 0.3) is 0 Å². The zero-order valence-electron chi connectivity index (χ0n) is 16.3. The van der Waals surface area contributed by atoms with Gasteiger partial charge in [0.1, 0.15) is 5.75 Å². The van der Waals surface area contributed by atoms with E-state index in [0.29, 0.717) is 16.6 Å². The van der Waals surface area contributed by atoms with Crippen molar-refractivity contribution in [3.8, 4) is 5.75 Å². The maximum atomic E-state index is 12.7. The van der Waals surface area contributed by atoms with Crippen LogP contribution in [0.15, 0.2) is 24.3 Å². The Morgan fingerprint density at radius 2 is 1.77 bits per heavy atom. The quantitative estimate of drug-likeness (QED) is 0.779. The average Bonchev–Trinajstić information content (AvgIpc) is 2.51. The number of amides is 1. The van der Waals surface area contributed by atoms with E-state index >= 15 is 0 Å². The van der Waals surface area contributed by atoms with Gasteiger partial charge in [0, 0.05) is 11.3 Å². The van der Waals surface area contributed by atoms with Crippen molar-refractivity contribution in [2.24, 2.45) is 16.7 Å². The van der Waals surface area contributed by atoms with E-state index in [1.165, 1.54) is 44.1 Å². The fourth-order valence-corrected chi connectivity index (χ4v) is 7.69. The van der Waals surface area contributed by atoms with Gasteiger partial charge >= 0.3 is 0 Å². The van der Waals surface area contributed by atoms with Crippen LogP contribution in [0.5, 0.6) is 5.75 Å². The Labute approximate surface area is 161 Å². The lowest BCUT2D eigenvalue weighted by Gasteiger charge is -2.65. The number of methoxy groups -OCH3 is 1. The molecule has 1 amide bonds. The molecule has 0 spiro atoms. The molecule has 4 bridgehead atoms. The Morgan fingerprint density at radius 3 is 2.35 bits per heavy atom. The SMILES string of the molecule is COc1ccc(CSCC(=O)NC23CC4CC(C)(CC(C)(C4)C2)C3)cc1. The van der Waals surface area contributed by atoms with Gasteiger partial charge in [0.25, 0.3) is 0 Å². The Balaban J connectivity index is 1.32. The lowest BCUT2D eigenvalue weighted by Crippen LogP contribution is -2.65. The van der Waals surface area contributed by atoms with Crippen LogP contribution in [0.2, 0.25) is 0 Å². The Bertz CT molecular complexity index is 668. The van der Waals surface area contributed by atoms with Gasteiger partial charge in [0.05, 0.1) is 12.9 Å².